The first-order chi connectivity index (χ1) is 16.5. The van der Waals surface area contributed by atoms with Crippen LogP contribution in [0.15, 0.2) is 55.0 Å². The smallest absolute Gasteiger partial charge is 0.278 e. The van der Waals surface area contributed by atoms with Crippen molar-refractivity contribution in [1.29, 1.82) is 0 Å². The quantitative estimate of drug-likeness (QED) is 0.426. The lowest BCUT2D eigenvalue weighted by Crippen LogP contribution is -2.49. The van der Waals surface area contributed by atoms with Crippen LogP contribution < -0.4 is 10.2 Å². The highest BCUT2D eigenvalue weighted by Crippen LogP contribution is 2.33. The van der Waals surface area contributed by atoms with Gasteiger partial charge in [0.15, 0.2) is 0 Å². The molecule has 7 nitrogen and oxygen atoms in total. The van der Waals surface area contributed by atoms with Gasteiger partial charge in [-0.2, -0.15) is 10.2 Å². The number of hydrogen-bond donors (Lipinski definition) is 1. The molecule has 1 aliphatic rings. The van der Waals surface area contributed by atoms with E-state index in [0.29, 0.717) is 33.8 Å². The Morgan fingerprint density at radius 2 is 1.97 bits per heavy atom. The number of benzene rings is 1. The molecule has 1 saturated heterocycles. The van der Waals surface area contributed by atoms with E-state index in [1.165, 1.54) is 6.20 Å². The number of carbonyl (C=O) groups excluding carboxylic acids is 1. The fourth-order valence-electron chi connectivity index (χ4n) is 4.41. The summed E-state index contributed by atoms with van der Waals surface area (Å²) in [4.78, 5) is 24.8. The number of carbonyl (C=O) groups is 1. The van der Waals surface area contributed by atoms with Gasteiger partial charge >= 0.3 is 0 Å². The molecule has 1 fully saturated rings. The molecular formula is C25H22Cl2N6O. The fourth-order valence-corrected chi connectivity index (χ4v) is 4.84. The van der Waals surface area contributed by atoms with Crippen molar-refractivity contribution in [2.24, 2.45) is 0 Å². The summed E-state index contributed by atoms with van der Waals surface area (Å²) in [5.74, 6) is 0.420. The minimum Gasteiger partial charge on any atom is -0.315 e. The van der Waals surface area contributed by atoms with E-state index in [4.69, 9.17) is 23.2 Å². The molecule has 1 N–H and O–H groups in total. The van der Waals surface area contributed by atoms with Crippen molar-refractivity contribution in [2.45, 2.75) is 25.8 Å². The van der Waals surface area contributed by atoms with Crippen molar-refractivity contribution in [3.63, 3.8) is 0 Å². The normalized spacial score (nSPS) is 15.9. The molecule has 0 radical (unpaired) electrons. The van der Waals surface area contributed by atoms with Crippen molar-refractivity contribution < 1.29 is 4.79 Å². The minimum atomic E-state index is -0.202. The Hall–Kier alpha value is -3.13. The Labute approximate surface area is 207 Å². The summed E-state index contributed by atoms with van der Waals surface area (Å²) in [6.45, 7) is 3.61. The van der Waals surface area contributed by atoms with Crippen LogP contribution in [0.4, 0.5) is 5.82 Å². The van der Waals surface area contributed by atoms with Gasteiger partial charge in [-0.25, -0.2) is 4.98 Å². The van der Waals surface area contributed by atoms with Crippen LogP contribution in [0.25, 0.3) is 22.0 Å². The minimum absolute atomic E-state index is 0.0466. The lowest BCUT2D eigenvalue weighted by Gasteiger charge is -2.34. The second-order valence-electron chi connectivity index (χ2n) is 8.32. The number of nitrogens with zero attached hydrogens (tertiary/aromatic N) is 5. The highest BCUT2D eigenvalue weighted by Gasteiger charge is 2.31. The number of rotatable bonds is 4. The molecule has 9 heteroatoms. The van der Waals surface area contributed by atoms with Gasteiger partial charge in [-0.1, -0.05) is 23.2 Å². The second kappa shape index (κ2) is 9.62. The van der Waals surface area contributed by atoms with Gasteiger partial charge in [0, 0.05) is 34.9 Å². The molecule has 34 heavy (non-hydrogen) atoms. The monoisotopic (exact) mass is 492 g/mol. The van der Waals surface area contributed by atoms with E-state index in [0.717, 1.165) is 41.3 Å². The number of piperidine rings is 1. The first kappa shape index (κ1) is 22.7. The fraction of sp³-hybridized carbons (Fsp3) is 0.240. The van der Waals surface area contributed by atoms with Crippen LogP contribution in [-0.4, -0.2) is 45.2 Å². The van der Waals surface area contributed by atoms with Gasteiger partial charge in [0.1, 0.15) is 11.5 Å². The maximum absolute atomic E-state index is 13.9. The van der Waals surface area contributed by atoms with Gasteiger partial charge in [-0.05, 0) is 73.7 Å². The van der Waals surface area contributed by atoms with Gasteiger partial charge in [0.05, 0.1) is 23.0 Å². The Morgan fingerprint density at radius 3 is 2.71 bits per heavy atom. The third-order valence-corrected chi connectivity index (χ3v) is 6.41. The molecule has 4 heterocycles. The van der Waals surface area contributed by atoms with Crippen LogP contribution >= 0.6 is 23.2 Å². The molecule has 1 aliphatic heterocycles. The average Bonchev–Trinajstić information content (AvgIpc) is 2.84. The maximum atomic E-state index is 13.9. The molecule has 4 aromatic rings. The number of anilines is 1. The van der Waals surface area contributed by atoms with Gasteiger partial charge in [0.25, 0.3) is 5.91 Å². The number of amides is 1. The molecule has 172 valence electrons. The van der Waals surface area contributed by atoms with E-state index in [1.54, 1.807) is 35.5 Å². The number of aromatic nitrogens is 4. The van der Waals surface area contributed by atoms with Gasteiger partial charge in [0.2, 0.25) is 0 Å². The molecule has 0 spiro atoms. The lowest BCUT2D eigenvalue weighted by molar-refractivity contribution is 0.0967. The Balaban J connectivity index is 1.57. The largest absolute Gasteiger partial charge is 0.315 e. The molecule has 0 saturated carbocycles. The highest BCUT2D eigenvalue weighted by molar-refractivity contribution is 6.31. The predicted molar refractivity (Wildman–Crippen MR) is 134 cm³/mol. The molecular weight excluding hydrogens is 471 g/mol. The number of halogens is 2. The zero-order valence-electron chi connectivity index (χ0n) is 18.5. The first-order valence-electron chi connectivity index (χ1n) is 11.0. The molecule has 3 aromatic heterocycles. The van der Waals surface area contributed by atoms with E-state index < -0.39 is 0 Å². The van der Waals surface area contributed by atoms with Crippen LogP contribution in [0, 0.1) is 6.92 Å². The summed E-state index contributed by atoms with van der Waals surface area (Å²) in [6, 6.07) is 10.9. The highest BCUT2D eigenvalue weighted by atomic mass is 35.5. The van der Waals surface area contributed by atoms with E-state index >= 15 is 0 Å². The standard InChI is InChI=1S/C25H22Cl2N6O/c1-15-9-18(26)10-16-6-8-29-24(23(15)16)33(20-3-2-7-28-14-20)25(34)21-5-4-17(12-30-21)22-11-19(27)13-31-32-22/h4-6,8-13,20,28H,2-3,7,14H2,1H3/t20-/m1/s1. The lowest BCUT2D eigenvalue weighted by atomic mass is 10.0. The summed E-state index contributed by atoms with van der Waals surface area (Å²) in [7, 11) is 0. The van der Waals surface area contributed by atoms with Crippen LogP contribution in [0.3, 0.4) is 0 Å². The molecule has 0 aliphatic carbocycles. The molecule has 1 amide bonds. The summed E-state index contributed by atoms with van der Waals surface area (Å²) < 4.78 is 0. The van der Waals surface area contributed by atoms with E-state index in [2.05, 4.69) is 25.5 Å². The topological polar surface area (TPSA) is 83.9 Å². The second-order valence-corrected chi connectivity index (χ2v) is 9.19. The van der Waals surface area contributed by atoms with Gasteiger partial charge in [-0.15, -0.1) is 0 Å². The van der Waals surface area contributed by atoms with E-state index in [-0.39, 0.29) is 11.9 Å². The SMILES string of the molecule is Cc1cc(Cl)cc2ccnc(N(C(=O)c3ccc(-c4cc(Cl)cnn4)cn3)[C@@H]3CCCNC3)c12. The van der Waals surface area contributed by atoms with Crippen LogP contribution in [0.1, 0.15) is 28.9 Å². The molecule has 0 unspecified atom stereocenters. The number of nitrogens with one attached hydrogen (secondary N) is 1. The Kier molecular flexibility index (Phi) is 6.41. The third-order valence-electron chi connectivity index (χ3n) is 5.99. The van der Waals surface area contributed by atoms with Crippen LogP contribution in [0.5, 0.6) is 0 Å². The first-order valence-corrected chi connectivity index (χ1v) is 11.8. The number of hydrogen-bond acceptors (Lipinski definition) is 6. The van der Waals surface area contributed by atoms with E-state index in [9.17, 15) is 4.79 Å². The number of pyridine rings is 2. The number of aryl methyl sites for hydroxylation is 1. The van der Waals surface area contributed by atoms with Crippen LogP contribution in [-0.2, 0) is 0 Å². The van der Waals surface area contributed by atoms with Gasteiger partial charge in [-0.3, -0.25) is 14.7 Å². The van der Waals surface area contributed by atoms with Crippen molar-refractivity contribution in [3.8, 4) is 11.3 Å². The van der Waals surface area contributed by atoms with Crippen molar-refractivity contribution in [2.75, 3.05) is 18.0 Å². The van der Waals surface area contributed by atoms with E-state index in [1.807, 2.05) is 25.1 Å². The van der Waals surface area contributed by atoms with Crippen LogP contribution in [0.2, 0.25) is 10.0 Å². The summed E-state index contributed by atoms with van der Waals surface area (Å²) in [6.07, 6.45) is 6.66. The molecule has 1 aromatic carbocycles. The Morgan fingerprint density at radius 1 is 1.09 bits per heavy atom. The zero-order valence-corrected chi connectivity index (χ0v) is 20.0. The third kappa shape index (κ3) is 4.46. The zero-order chi connectivity index (χ0) is 23.7. The maximum Gasteiger partial charge on any atom is 0.278 e. The summed E-state index contributed by atoms with van der Waals surface area (Å²) in [5, 5.41) is 14.4. The molecule has 0 bridgehead atoms. The van der Waals surface area contributed by atoms with Crippen molar-refractivity contribution in [1.82, 2.24) is 25.5 Å². The average molecular weight is 493 g/mol. The number of fused-ring (bicyclic) bond motifs is 1. The van der Waals surface area contributed by atoms with Crippen molar-refractivity contribution >= 4 is 45.7 Å². The van der Waals surface area contributed by atoms with Gasteiger partial charge < -0.3 is 5.32 Å². The van der Waals surface area contributed by atoms with Crippen molar-refractivity contribution in [3.05, 3.63) is 76.3 Å². The summed E-state index contributed by atoms with van der Waals surface area (Å²) in [5.41, 5.74) is 2.62. The Bertz CT molecular complexity index is 1360. The molecule has 5 rings (SSSR count). The summed E-state index contributed by atoms with van der Waals surface area (Å²) >= 11 is 12.3. The molecule has 1 atom stereocenters. The predicted octanol–water partition coefficient (Wildman–Crippen LogP) is 5.10.